The Morgan fingerprint density at radius 3 is 2.59 bits per heavy atom. The maximum absolute atomic E-state index is 9.57. The number of nitrogens with two attached hydrogens (primary N) is 1. The summed E-state index contributed by atoms with van der Waals surface area (Å²) in [4.78, 5) is 18.6. The van der Waals surface area contributed by atoms with Crippen molar-refractivity contribution in [3.8, 4) is 5.88 Å². The average Bonchev–Trinajstić information content (AvgIpc) is 3.47. The number of aliphatic hydroxyl groups is 1. The van der Waals surface area contributed by atoms with Crippen LogP contribution in [0.25, 0.3) is 10.8 Å². The predicted molar refractivity (Wildman–Crippen MR) is 108 cm³/mol. The van der Waals surface area contributed by atoms with E-state index in [-0.39, 0.29) is 6.61 Å². The first-order valence-corrected chi connectivity index (χ1v) is 9.39. The summed E-state index contributed by atoms with van der Waals surface area (Å²) in [6.07, 6.45) is 3.31. The first-order valence-electron chi connectivity index (χ1n) is 8.58. The van der Waals surface area contributed by atoms with Gasteiger partial charge in [-0.2, -0.15) is 10.9 Å². The van der Waals surface area contributed by atoms with Gasteiger partial charge in [-0.25, -0.2) is 0 Å². The number of aldehydes is 1. The van der Waals surface area contributed by atoms with E-state index in [2.05, 4.69) is 15.6 Å². The van der Waals surface area contributed by atoms with Crippen molar-refractivity contribution in [1.29, 1.82) is 0 Å². The summed E-state index contributed by atoms with van der Waals surface area (Å²) < 4.78 is 0. The van der Waals surface area contributed by atoms with Gasteiger partial charge in [-0.3, -0.25) is 0 Å². The van der Waals surface area contributed by atoms with E-state index < -0.39 is 0 Å². The summed E-state index contributed by atoms with van der Waals surface area (Å²) in [5.41, 5.74) is 1.82. The molecule has 1 aliphatic rings. The van der Waals surface area contributed by atoms with Gasteiger partial charge < -0.3 is 25.4 Å². The number of anilines is 3. The lowest BCUT2D eigenvalue weighted by Gasteiger charge is -2.05. The van der Waals surface area contributed by atoms with Crippen LogP contribution >= 0.6 is 11.3 Å². The zero-order valence-electron chi connectivity index (χ0n) is 14.9. The highest BCUT2D eigenvalue weighted by molar-refractivity contribution is 7.19. The topological polar surface area (TPSA) is 110 Å². The van der Waals surface area contributed by atoms with E-state index >= 15 is 0 Å². The first kappa shape index (κ1) is 19.1. The Morgan fingerprint density at radius 2 is 2.04 bits per heavy atom. The molecule has 1 aliphatic carbocycles. The molecule has 0 unspecified atom stereocenters. The Labute approximate surface area is 161 Å². The number of carbonyl (C=O) groups is 1. The zero-order valence-corrected chi connectivity index (χ0v) is 15.8. The van der Waals surface area contributed by atoms with Crippen molar-refractivity contribution in [3.63, 3.8) is 0 Å². The number of aromatic nitrogens is 1. The monoisotopic (exact) mass is 386 g/mol. The molecule has 3 aromatic rings. The molecule has 0 atom stereocenters. The third-order valence-electron chi connectivity index (χ3n) is 4.09. The van der Waals surface area contributed by atoms with Gasteiger partial charge in [0.05, 0.1) is 6.61 Å². The minimum atomic E-state index is 0.0454. The molecule has 1 heterocycles. The fourth-order valence-electron chi connectivity index (χ4n) is 2.42. The summed E-state index contributed by atoms with van der Waals surface area (Å²) in [6, 6.07) is 11.9. The third kappa shape index (κ3) is 4.94. The van der Waals surface area contributed by atoms with Crippen LogP contribution in [0.1, 0.15) is 18.4 Å². The Bertz CT molecular complexity index is 903. The average molecular weight is 386 g/mol. The Kier molecular flexibility index (Phi) is 6.23. The van der Waals surface area contributed by atoms with E-state index in [0.717, 1.165) is 46.2 Å². The van der Waals surface area contributed by atoms with E-state index in [1.54, 1.807) is 7.05 Å². The predicted octanol–water partition coefficient (Wildman–Crippen LogP) is 3.42. The maximum Gasteiger partial charge on any atom is 0.274 e. The molecule has 2 aromatic carbocycles. The number of hydrogen-bond acceptors (Lipinski definition) is 8. The van der Waals surface area contributed by atoms with E-state index in [9.17, 15) is 9.90 Å². The quantitative estimate of drug-likeness (QED) is 0.379. The SMILES string of the molecule is CNc1sc(Nc2ccc3cc(CO)ccc3c2)nc1ON.O=CC1CC1. The van der Waals surface area contributed by atoms with Crippen LogP contribution in [0.3, 0.4) is 0 Å². The summed E-state index contributed by atoms with van der Waals surface area (Å²) in [5, 5.41) is 19.0. The van der Waals surface area contributed by atoms with E-state index in [1.807, 2.05) is 36.4 Å². The molecule has 0 aliphatic heterocycles. The number of hydrogen-bond donors (Lipinski definition) is 4. The van der Waals surface area contributed by atoms with Crippen molar-refractivity contribution in [2.75, 3.05) is 17.7 Å². The van der Waals surface area contributed by atoms with Gasteiger partial charge in [0.2, 0.25) is 0 Å². The minimum Gasteiger partial charge on any atom is -0.392 e. The summed E-state index contributed by atoms with van der Waals surface area (Å²) in [7, 11) is 1.79. The molecular formula is C19H22N4O3S. The van der Waals surface area contributed by atoms with Gasteiger partial charge in [0, 0.05) is 18.7 Å². The van der Waals surface area contributed by atoms with Crippen molar-refractivity contribution in [3.05, 3.63) is 42.0 Å². The van der Waals surface area contributed by atoms with Crippen LogP contribution in [0, 0.1) is 5.92 Å². The second kappa shape index (κ2) is 8.81. The molecule has 5 N–H and O–H groups in total. The molecule has 8 heteroatoms. The van der Waals surface area contributed by atoms with Crippen molar-refractivity contribution in [1.82, 2.24) is 4.98 Å². The summed E-state index contributed by atoms with van der Waals surface area (Å²) in [6.45, 7) is 0.0454. The van der Waals surface area contributed by atoms with Crippen LogP contribution in [0.2, 0.25) is 0 Å². The van der Waals surface area contributed by atoms with Gasteiger partial charge in [-0.1, -0.05) is 29.5 Å². The zero-order chi connectivity index (χ0) is 19.2. The van der Waals surface area contributed by atoms with Gasteiger partial charge in [-0.05, 0) is 47.4 Å². The molecule has 0 saturated heterocycles. The van der Waals surface area contributed by atoms with Gasteiger partial charge >= 0.3 is 0 Å². The molecule has 0 radical (unpaired) electrons. The second-order valence-corrected chi connectivity index (χ2v) is 7.17. The molecular weight excluding hydrogens is 364 g/mol. The number of benzene rings is 2. The number of carbonyl (C=O) groups excluding carboxylic acids is 1. The van der Waals surface area contributed by atoms with Crippen LogP contribution < -0.4 is 21.4 Å². The van der Waals surface area contributed by atoms with Crippen molar-refractivity contribution in [2.24, 2.45) is 11.8 Å². The fourth-order valence-corrected chi connectivity index (χ4v) is 3.20. The van der Waals surface area contributed by atoms with Crippen LogP contribution in [0.5, 0.6) is 5.88 Å². The smallest absolute Gasteiger partial charge is 0.274 e. The van der Waals surface area contributed by atoms with Crippen LogP contribution in [0.4, 0.5) is 15.8 Å². The Hall–Kier alpha value is -2.68. The van der Waals surface area contributed by atoms with Gasteiger partial charge in [0.1, 0.15) is 6.29 Å². The molecule has 7 nitrogen and oxygen atoms in total. The highest BCUT2D eigenvalue weighted by atomic mass is 32.1. The van der Waals surface area contributed by atoms with Crippen molar-refractivity contribution in [2.45, 2.75) is 19.4 Å². The highest BCUT2D eigenvalue weighted by Crippen LogP contribution is 2.35. The number of fused-ring (bicyclic) bond motifs is 1. The number of thiazole rings is 1. The number of rotatable bonds is 6. The van der Waals surface area contributed by atoms with Crippen molar-refractivity contribution < 1.29 is 14.7 Å². The lowest BCUT2D eigenvalue weighted by Crippen LogP contribution is -2.04. The maximum atomic E-state index is 9.57. The molecule has 4 rings (SSSR count). The Balaban J connectivity index is 0.000000364. The summed E-state index contributed by atoms with van der Waals surface area (Å²) in [5.74, 6) is 6.01. The normalized spacial score (nSPS) is 12.9. The van der Waals surface area contributed by atoms with Crippen LogP contribution in [-0.2, 0) is 11.4 Å². The molecule has 27 heavy (non-hydrogen) atoms. The van der Waals surface area contributed by atoms with E-state index in [0.29, 0.717) is 16.9 Å². The van der Waals surface area contributed by atoms with Crippen LogP contribution in [-0.4, -0.2) is 23.4 Å². The van der Waals surface area contributed by atoms with Crippen molar-refractivity contribution >= 4 is 44.2 Å². The number of nitrogens with zero attached hydrogens (tertiary/aromatic N) is 1. The van der Waals surface area contributed by atoms with Crippen LogP contribution in [0.15, 0.2) is 36.4 Å². The molecule has 1 fully saturated rings. The molecule has 1 aromatic heterocycles. The number of nitrogens with one attached hydrogen (secondary N) is 2. The molecule has 0 bridgehead atoms. The number of aliphatic hydroxyl groups excluding tert-OH is 1. The molecule has 0 amide bonds. The van der Waals surface area contributed by atoms with Gasteiger partial charge in [0.15, 0.2) is 10.1 Å². The van der Waals surface area contributed by atoms with E-state index in [4.69, 9.17) is 10.7 Å². The molecule has 1 saturated carbocycles. The second-order valence-electron chi connectivity index (χ2n) is 6.17. The third-order valence-corrected chi connectivity index (χ3v) is 5.06. The highest BCUT2D eigenvalue weighted by Gasteiger charge is 2.19. The van der Waals surface area contributed by atoms with Gasteiger partial charge in [-0.15, -0.1) is 0 Å². The Morgan fingerprint density at radius 1 is 1.30 bits per heavy atom. The molecule has 142 valence electrons. The lowest BCUT2D eigenvalue weighted by atomic mass is 10.1. The van der Waals surface area contributed by atoms with E-state index in [1.165, 1.54) is 11.3 Å². The lowest BCUT2D eigenvalue weighted by molar-refractivity contribution is -0.108. The standard InChI is InChI=1S/C15H16N4O2S.C4H6O/c1-17-14-13(21-16)19-15(22-14)18-12-5-4-10-6-9(8-20)2-3-11(10)7-12;5-3-4-1-2-4/h2-7,17,20H,8,16H2,1H3,(H,18,19);3-4H,1-2H2. The first-order chi connectivity index (χ1) is 13.2. The summed E-state index contributed by atoms with van der Waals surface area (Å²) >= 11 is 1.42. The minimum absolute atomic E-state index is 0.0454. The fraction of sp³-hybridized carbons (Fsp3) is 0.263. The molecule has 0 spiro atoms. The van der Waals surface area contributed by atoms with Gasteiger partial charge in [0.25, 0.3) is 5.88 Å². The largest absolute Gasteiger partial charge is 0.392 e.